The second-order valence-corrected chi connectivity index (χ2v) is 4.06. The SMILES string of the molecule is N#Cc1ccnc(Nc2ccc3ccccc3c2)n1. The highest BCUT2D eigenvalue weighted by atomic mass is 15.1. The summed E-state index contributed by atoms with van der Waals surface area (Å²) in [6, 6.07) is 17.7. The minimum absolute atomic E-state index is 0.346. The summed E-state index contributed by atoms with van der Waals surface area (Å²) in [5.41, 5.74) is 1.24. The molecule has 2 aromatic carbocycles. The second kappa shape index (κ2) is 4.75. The third kappa shape index (κ3) is 2.35. The molecule has 4 heteroatoms. The molecule has 0 saturated carbocycles. The third-order valence-corrected chi connectivity index (χ3v) is 2.78. The van der Waals surface area contributed by atoms with Gasteiger partial charge in [-0.05, 0) is 29.0 Å². The van der Waals surface area contributed by atoms with Crippen LogP contribution < -0.4 is 5.32 Å². The molecule has 0 unspecified atom stereocenters. The van der Waals surface area contributed by atoms with Crippen LogP contribution in [0.15, 0.2) is 54.7 Å². The largest absolute Gasteiger partial charge is 0.324 e. The molecule has 1 N–H and O–H groups in total. The minimum Gasteiger partial charge on any atom is -0.324 e. The average molecular weight is 246 g/mol. The van der Waals surface area contributed by atoms with Gasteiger partial charge in [0.2, 0.25) is 5.95 Å². The lowest BCUT2D eigenvalue weighted by molar-refractivity contribution is 1.14. The Morgan fingerprint density at radius 2 is 1.84 bits per heavy atom. The number of nitrogens with one attached hydrogen (secondary N) is 1. The lowest BCUT2D eigenvalue weighted by Gasteiger charge is -2.06. The number of nitriles is 1. The number of benzene rings is 2. The number of rotatable bonds is 2. The normalized spacial score (nSPS) is 10.1. The van der Waals surface area contributed by atoms with Crippen molar-refractivity contribution in [1.29, 1.82) is 5.26 Å². The van der Waals surface area contributed by atoms with Crippen molar-refractivity contribution < 1.29 is 0 Å². The van der Waals surface area contributed by atoms with Gasteiger partial charge in [0.05, 0.1) is 0 Å². The Labute approximate surface area is 110 Å². The molecule has 90 valence electrons. The lowest BCUT2D eigenvalue weighted by atomic mass is 10.1. The van der Waals surface area contributed by atoms with Gasteiger partial charge in [-0.3, -0.25) is 0 Å². The molecule has 0 amide bonds. The molecule has 19 heavy (non-hydrogen) atoms. The zero-order chi connectivity index (χ0) is 13.1. The van der Waals surface area contributed by atoms with Crippen LogP contribution in [0.3, 0.4) is 0 Å². The Bertz CT molecular complexity index is 774. The van der Waals surface area contributed by atoms with E-state index in [2.05, 4.69) is 21.4 Å². The summed E-state index contributed by atoms with van der Waals surface area (Å²) in [6.07, 6.45) is 1.56. The van der Waals surface area contributed by atoms with Crippen molar-refractivity contribution in [2.24, 2.45) is 0 Å². The van der Waals surface area contributed by atoms with Crippen molar-refractivity contribution in [3.8, 4) is 6.07 Å². The molecule has 0 aliphatic rings. The molecule has 0 bridgehead atoms. The predicted octanol–water partition coefficient (Wildman–Crippen LogP) is 3.25. The number of anilines is 2. The standard InChI is InChI=1S/C15H10N4/c16-10-14-7-8-17-15(19-14)18-13-6-5-11-3-1-2-4-12(11)9-13/h1-9H,(H,17,18,19). The van der Waals surface area contributed by atoms with E-state index in [1.807, 2.05) is 42.5 Å². The molecular weight excluding hydrogens is 236 g/mol. The van der Waals surface area contributed by atoms with Crippen molar-refractivity contribution in [1.82, 2.24) is 9.97 Å². The van der Waals surface area contributed by atoms with E-state index in [9.17, 15) is 0 Å². The zero-order valence-electron chi connectivity index (χ0n) is 10.0. The van der Waals surface area contributed by atoms with Gasteiger partial charge in [0.25, 0.3) is 0 Å². The van der Waals surface area contributed by atoms with Crippen LogP contribution in [0.2, 0.25) is 0 Å². The summed E-state index contributed by atoms with van der Waals surface area (Å²) in [7, 11) is 0. The summed E-state index contributed by atoms with van der Waals surface area (Å²) in [5.74, 6) is 0.425. The first-order chi connectivity index (χ1) is 9.35. The molecule has 1 heterocycles. The van der Waals surface area contributed by atoms with E-state index in [-0.39, 0.29) is 0 Å². The quantitative estimate of drug-likeness (QED) is 0.754. The molecule has 0 atom stereocenters. The Balaban J connectivity index is 1.94. The molecule has 0 saturated heterocycles. The summed E-state index contributed by atoms with van der Waals surface area (Å²) < 4.78 is 0. The topological polar surface area (TPSA) is 61.6 Å². The van der Waals surface area contributed by atoms with Crippen molar-refractivity contribution in [3.63, 3.8) is 0 Å². The van der Waals surface area contributed by atoms with Crippen LogP contribution in [0.4, 0.5) is 11.6 Å². The highest BCUT2D eigenvalue weighted by Gasteiger charge is 2.00. The van der Waals surface area contributed by atoms with Crippen molar-refractivity contribution in [3.05, 3.63) is 60.4 Å². The van der Waals surface area contributed by atoms with Gasteiger partial charge < -0.3 is 5.32 Å². The smallest absolute Gasteiger partial charge is 0.228 e. The van der Waals surface area contributed by atoms with Crippen molar-refractivity contribution in [2.45, 2.75) is 0 Å². The molecule has 0 aliphatic carbocycles. The first-order valence-corrected chi connectivity index (χ1v) is 5.84. The monoisotopic (exact) mass is 246 g/mol. The molecule has 4 nitrogen and oxygen atoms in total. The van der Waals surface area contributed by atoms with Crippen LogP contribution in [0.1, 0.15) is 5.69 Å². The average Bonchev–Trinajstić information content (AvgIpc) is 2.47. The Kier molecular flexibility index (Phi) is 2.79. The minimum atomic E-state index is 0.346. The number of aromatic nitrogens is 2. The van der Waals surface area contributed by atoms with Gasteiger partial charge in [0.15, 0.2) is 0 Å². The van der Waals surface area contributed by atoms with Gasteiger partial charge in [-0.25, -0.2) is 9.97 Å². The summed E-state index contributed by atoms with van der Waals surface area (Å²) >= 11 is 0. The third-order valence-electron chi connectivity index (χ3n) is 2.78. The molecule has 0 spiro atoms. The molecule has 0 aliphatic heterocycles. The fourth-order valence-electron chi connectivity index (χ4n) is 1.88. The number of hydrogen-bond donors (Lipinski definition) is 1. The maximum absolute atomic E-state index is 8.80. The predicted molar refractivity (Wildman–Crippen MR) is 74.0 cm³/mol. The van der Waals surface area contributed by atoms with Crippen LogP contribution in [-0.4, -0.2) is 9.97 Å². The van der Waals surface area contributed by atoms with Gasteiger partial charge in [0.1, 0.15) is 11.8 Å². The van der Waals surface area contributed by atoms with E-state index >= 15 is 0 Å². The van der Waals surface area contributed by atoms with E-state index < -0.39 is 0 Å². The molecule has 1 aromatic heterocycles. The van der Waals surface area contributed by atoms with Crippen molar-refractivity contribution >= 4 is 22.4 Å². The maximum atomic E-state index is 8.80. The van der Waals surface area contributed by atoms with Crippen LogP contribution in [-0.2, 0) is 0 Å². The lowest BCUT2D eigenvalue weighted by Crippen LogP contribution is -1.97. The van der Waals surface area contributed by atoms with Crippen molar-refractivity contribution in [2.75, 3.05) is 5.32 Å². The maximum Gasteiger partial charge on any atom is 0.228 e. The molecule has 3 rings (SSSR count). The van der Waals surface area contributed by atoms with Crippen LogP contribution in [0.25, 0.3) is 10.8 Å². The summed E-state index contributed by atoms with van der Waals surface area (Å²) in [5, 5.41) is 14.2. The fraction of sp³-hybridized carbons (Fsp3) is 0. The molecule has 0 radical (unpaired) electrons. The molecule has 3 aromatic rings. The zero-order valence-corrected chi connectivity index (χ0v) is 10.0. The first kappa shape index (κ1) is 11.2. The number of hydrogen-bond acceptors (Lipinski definition) is 4. The Morgan fingerprint density at radius 3 is 2.68 bits per heavy atom. The number of fused-ring (bicyclic) bond motifs is 1. The summed E-state index contributed by atoms with van der Waals surface area (Å²) in [6.45, 7) is 0. The van der Waals surface area contributed by atoms with Gasteiger partial charge in [0, 0.05) is 11.9 Å². The van der Waals surface area contributed by atoms with Gasteiger partial charge >= 0.3 is 0 Å². The van der Waals surface area contributed by atoms with E-state index in [0.717, 1.165) is 11.1 Å². The number of nitrogens with zero attached hydrogens (tertiary/aromatic N) is 3. The van der Waals surface area contributed by atoms with Crippen LogP contribution in [0, 0.1) is 11.3 Å². The summed E-state index contributed by atoms with van der Waals surface area (Å²) in [4.78, 5) is 8.17. The Morgan fingerprint density at radius 1 is 1.00 bits per heavy atom. The van der Waals surface area contributed by atoms with Crippen LogP contribution >= 0.6 is 0 Å². The van der Waals surface area contributed by atoms with Crippen LogP contribution in [0.5, 0.6) is 0 Å². The van der Waals surface area contributed by atoms with Gasteiger partial charge in [-0.15, -0.1) is 0 Å². The van der Waals surface area contributed by atoms with E-state index in [0.29, 0.717) is 11.6 Å². The Hall–Kier alpha value is -2.93. The van der Waals surface area contributed by atoms with E-state index in [1.165, 1.54) is 5.39 Å². The van der Waals surface area contributed by atoms with E-state index in [4.69, 9.17) is 5.26 Å². The fourth-order valence-corrected chi connectivity index (χ4v) is 1.88. The highest BCUT2D eigenvalue weighted by molar-refractivity contribution is 5.86. The van der Waals surface area contributed by atoms with Gasteiger partial charge in [-0.1, -0.05) is 30.3 Å². The van der Waals surface area contributed by atoms with E-state index in [1.54, 1.807) is 12.3 Å². The molecular formula is C15H10N4. The molecule has 0 fully saturated rings. The highest BCUT2D eigenvalue weighted by Crippen LogP contribution is 2.20. The first-order valence-electron chi connectivity index (χ1n) is 5.84. The van der Waals surface area contributed by atoms with Gasteiger partial charge in [-0.2, -0.15) is 5.26 Å². The second-order valence-electron chi connectivity index (χ2n) is 4.06.